The smallest absolute Gasteiger partial charge is 0.303 e. The summed E-state index contributed by atoms with van der Waals surface area (Å²) in [5.74, 6) is 0.262. The zero-order valence-corrected chi connectivity index (χ0v) is 8.25. The lowest BCUT2D eigenvalue weighted by Crippen LogP contribution is -2.05. The van der Waals surface area contributed by atoms with Crippen LogP contribution in [0, 0.1) is 0 Å². The van der Waals surface area contributed by atoms with Crippen molar-refractivity contribution in [1.29, 1.82) is 0 Å². The highest BCUT2D eigenvalue weighted by Gasteiger charge is 2.25. The zero-order chi connectivity index (χ0) is 10.1. The summed E-state index contributed by atoms with van der Waals surface area (Å²) in [7, 11) is 0. The van der Waals surface area contributed by atoms with Gasteiger partial charge in [0.05, 0.1) is 6.42 Å². The Morgan fingerprint density at radius 2 is 2.36 bits per heavy atom. The molecule has 1 unspecified atom stereocenters. The fourth-order valence-corrected chi connectivity index (χ4v) is 2.88. The fraction of sp³-hybridized carbons (Fsp3) is 0.300. The van der Waals surface area contributed by atoms with E-state index in [1.807, 2.05) is 6.07 Å². The van der Waals surface area contributed by atoms with E-state index in [-0.39, 0.29) is 18.1 Å². The van der Waals surface area contributed by atoms with Crippen LogP contribution in [-0.4, -0.2) is 21.9 Å². The number of aliphatic carboxylic acids is 1. The molecule has 1 heterocycles. The Morgan fingerprint density at radius 1 is 1.57 bits per heavy atom. The Hall–Kier alpha value is -1.16. The Kier molecular flexibility index (Phi) is 2.37. The predicted octanol–water partition coefficient (Wildman–Crippen LogP) is 2.06. The molecule has 0 aromatic heterocycles. The van der Waals surface area contributed by atoms with Gasteiger partial charge in [-0.2, -0.15) is 0 Å². The number of carboxylic acids is 1. The number of benzene rings is 1. The number of fused-ring (bicyclic) bond motifs is 1. The van der Waals surface area contributed by atoms with Crippen LogP contribution in [0.5, 0.6) is 5.75 Å². The van der Waals surface area contributed by atoms with Crippen molar-refractivity contribution in [2.75, 3.05) is 5.75 Å². The molecule has 0 saturated heterocycles. The highest BCUT2D eigenvalue weighted by Crippen LogP contribution is 2.42. The van der Waals surface area contributed by atoms with Gasteiger partial charge in [0.1, 0.15) is 5.75 Å². The first kappa shape index (κ1) is 9.40. The number of aromatic hydroxyl groups is 1. The maximum Gasteiger partial charge on any atom is 0.303 e. The minimum absolute atomic E-state index is 0.0413. The van der Waals surface area contributed by atoms with E-state index in [9.17, 15) is 9.90 Å². The molecule has 2 rings (SSSR count). The second-order valence-corrected chi connectivity index (χ2v) is 4.39. The van der Waals surface area contributed by atoms with Crippen molar-refractivity contribution < 1.29 is 15.0 Å². The molecule has 0 spiro atoms. The van der Waals surface area contributed by atoms with Crippen LogP contribution in [0.1, 0.15) is 17.9 Å². The molecule has 0 fully saturated rings. The summed E-state index contributed by atoms with van der Waals surface area (Å²) in [6, 6.07) is 5.15. The average molecular weight is 210 g/mol. The Balaban J connectivity index is 2.28. The van der Waals surface area contributed by atoms with Gasteiger partial charge in [-0.3, -0.25) is 4.79 Å². The van der Waals surface area contributed by atoms with Crippen molar-refractivity contribution in [1.82, 2.24) is 0 Å². The highest BCUT2D eigenvalue weighted by molar-refractivity contribution is 7.99. The minimum atomic E-state index is -0.785. The Bertz CT molecular complexity index is 376. The Morgan fingerprint density at radius 3 is 3.07 bits per heavy atom. The third kappa shape index (κ3) is 1.70. The summed E-state index contributed by atoms with van der Waals surface area (Å²) in [6.45, 7) is 0. The summed E-state index contributed by atoms with van der Waals surface area (Å²) in [4.78, 5) is 11.7. The number of thioether (sulfide) groups is 1. The maximum atomic E-state index is 10.6. The van der Waals surface area contributed by atoms with Gasteiger partial charge in [0.25, 0.3) is 0 Å². The second kappa shape index (κ2) is 3.53. The summed E-state index contributed by atoms with van der Waals surface area (Å²) >= 11 is 1.65. The summed E-state index contributed by atoms with van der Waals surface area (Å²) in [5.41, 5.74) is 0.970. The molecule has 3 nitrogen and oxygen atoms in total. The molecule has 1 atom stereocenters. The summed E-state index contributed by atoms with van der Waals surface area (Å²) in [6.07, 6.45) is 0.142. The van der Waals surface area contributed by atoms with E-state index in [2.05, 4.69) is 0 Å². The molecule has 4 heteroatoms. The number of hydrogen-bond donors (Lipinski definition) is 2. The highest BCUT2D eigenvalue weighted by atomic mass is 32.2. The Labute approximate surface area is 85.8 Å². The lowest BCUT2D eigenvalue weighted by Gasteiger charge is -2.07. The lowest BCUT2D eigenvalue weighted by molar-refractivity contribution is -0.137. The van der Waals surface area contributed by atoms with E-state index in [1.54, 1.807) is 23.9 Å². The fourth-order valence-electron chi connectivity index (χ4n) is 1.65. The van der Waals surface area contributed by atoms with Crippen LogP contribution in [0.2, 0.25) is 0 Å². The number of hydrogen-bond acceptors (Lipinski definition) is 3. The molecule has 1 aromatic rings. The zero-order valence-electron chi connectivity index (χ0n) is 7.43. The largest absolute Gasteiger partial charge is 0.508 e. The van der Waals surface area contributed by atoms with E-state index >= 15 is 0 Å². The summed E-state index contributed by atoms with van der Waals surface area (Å²) in [5, 5.41) is 18.0. The molecule has 74 valence electrons. The van der Waals surface area contributed by atoms with Crippen LogP contribution in [0.4, 0.5) is 0 Å². The van der Waals surface area contributed by atoms with Gasteiger partial charge in [0.2, 0.25) is 0 Å². The molecule has 14 heavy (non-hydrogen) atoms. The first-order chi connectivity index (χ1) is 6.66. The quantitative estimate of drug-likeness (QED) is 0.784. The van der Waals surface area contributed by atoms with Gasteiger partial charge >= 0.3 is 5.97 Å². The van der Waals surface area contributed by atoms with Crippen molar-refractivity contribution in [2.45, 2.75) is 17.2 Å². The van der Waals surface area contributed by atoms with E-state index < -0.39 is 5.97 Å². The summed E-state index contributed by atoms with van der Waals surface area (Å²) < 4.78 is 0. The van der Waals surface area contributed by atoms with Gasteiger partial charge in [-0.05, 0) is 23.8 Å². The van der Waals surface area contributed by atoms with Gasteiger partial charge in [-0.25, -0.2) is 0 Å². The van der Waals surface area contributed by atoms with Crippen LogP contribution in [0.3, 0.4) is 0 Å². The third-order valence-corrected chi connectivity index (χ3v) is 3.55. The monoisotopic (exact) mass is 210 g/mol. The molecule has 1 aliphatic rings. The predicted molar refractivity (Wildman–Crippen MR) is 53.8 cm³/mol. The number of phenolic OH excluding ortho intramolecular Hbond substituents is 1. The third-order valence-electron chi connectivity index (χ3n) is 2.29. The molecule has 1 aliphatic heterocycles. The van der Waals surface area contributed by atoms with Gasteiger partial charge in [-0.1, -0.05) is 0 Å². The number of phenols is 1. The van der Waals surface area contributed by atoms with Crippen LogP contribution in [0.25, 0.3) is 0 Å². The van der Waals surface area contributed by atoms with E-state index in [0.29, 0.717) is 0 Å². The van der Waals surface area contributed by atoms with E-state index in [4.69, 9.17) is 5.11 Å². The van der Waals surface area contributed by atoms with Crippen molar-refractivity contribution in [2.24, 2.45) is 0 Å². The van der Waals surface area contributed by atoms with Crippen LogP contribution in [0.15, 0.2) is 23.1 Å². The molecular formula is C10H10O3S. The van der Waals surface area contributed by atoms with Crippen molar-refractivity contribution in [3.63, 3.8) is 0 Å². The molecule has 2 N–H and O–H groups in total. The standard InChI is InChI=1S/C10H10O3S/c11-7-1-2-9-8(4-7)6(5-14-9)3-10(12)13/h1-2,4,6,11H,3,5H2,(H,12,13). The van der Waals surface area contributed by atoms with Crippen molar-refractivity contribution in [3.05, 3.63) is 23.8 Å². The minimum Gasteiger partial charge on any atom is -0.508 e. The number of carbonyl (C=O) groups is 1. The molecule has 0 aliphatic carbocycles. The molecule has 0 amide bonds. The molecule has 1 aromatic carbocycles. The SMILES string of the molecule is O=C(O)CC1CSc2ccc(O)cc21. The lowest BCUT2D eigenvalue weighted by atomic mass is 9.98. The number of carboxylic acid groups (broad SMARTS) is 1. The second-order valence-electron chi connectivity index (χ2n) is 3.33. The van der Waals surface area contributed by atoms with Gasteiger partial charge in [-0.15, -0.1) is 11.8 Å². The maximum absolute atomic E-state index is 10.6. The van der Waals surface area contributed by atoms with Crippen molar-refractivity contribution in [3.8, 4) is 5.75 Å². The molecule has 0 saturated carbocycles. The average Bonchev–Trinajstić information content (AvgIpc) is 2.47. The topological polar surface area (TPSA) is 57.5 Å². The number of rotatable bonds is 2. The van der Waals surface area contributed by atoms with Gasteiger partial charge in [0.15, 0.2) is 0 Å². The van der Waals surface area contributed by atoms with Crippen LogP contribution >= 0.6 is 11.8 Å². The first-order valence-corrected chi connectivity index (χ1v) is 5.33. The van der Waals surface area contributed by atoms with E-state index in [0.717, 1.165) is 16.2 Å². The van der Waals surface area contributed by atoms with Gasteiger partial charge in [0, 0.05) is 16.6 Å². The van der Waals surface area contributed by atoms with Gasteiger partial charge < -0.3 is 10.2 Å². The van der Waals surface area contributed by atoms with Crippen LogP contribution in [-0.2, 0) is 4.79 Å². The van der Waals surface area contributed by atoms with E-state index in [1.165, 1.54) is 0 Å². The first-order valence-electron chi connectivity index (χ1n) is 4.34. The molecular weight excluding hydrogens is 200 g/mol. The molecule has 0 radical (unpaired) electrons. The van der Waals surface area contributed by atoms with Crippen LogP contribution < -0.4 is 0 Å². The normalized spacial score (nSPS) is 19.3. The molecule has 0 bridgehead atoms. The van der Waals surface area contributed by atoms with Crippen molar-refractivity contribution >= 4 is 17.7 Å².